The fourth-order valence-corrected chi connectivity index (χ4v) is 2.51. The minimum Gasteiger partial charge on any atom is -0.465 e. The minimum absolute atomic E-state index is 0.412. The van der Waals surface area contributed by atoms with Crippen molar-refractivity contribution in [3.8, 4) is 0 Å². The molecule has 2 heterocycles. The molecule has 2 rings (SSSR count). The van der Waals surface area contributed by atoms with Gasteiger partial charge in [0.25, 0.3) is 0 Å². The second kappa shape index (κ2) is 5.71. The van der Waals surface area contributed by atoms with Crippen molar-refractivity contribution < 1.29 is 9.53 Å². The van der Waals surface area contributed by atoms with Gasteiger partial charge in [0.15, 0.2) is 0 Å². The van der Waals surface area contributed by atoms with Crippen LogP contribution in [0, 0.1) is 6.92 Å². The van der Waals surface area contributed by atoms with E-state index in [9.17, 15) is 4.79 Å². The lowest BCUT2D eigenvalue weighted by Gasteiger charge is -2.05. The molecule has 19 heavy (non-hydrogen) atoms. The molecule has 0 amide bonds. The van der Waals surface area contributed by atoms with Gasteiger partial charge in [-0.2, -0.15) is 0 Å². The first-order valence-corrected chi connectivity index (χ1v) is 6.55. The molecule has 0 unspecified atom stereocenters. The summed E-state index contributed by atoms with van der Waals surface area (Å²) in [6, 6.07) is 5.64. The van der Waals surface area contributed by atoms with Crippen molar-refractivity contribution in [2.24, 2.45) is 0 Å². The Bertz CT molecular complexity index is 595. The molecule has 5 nitrogen and oxygen atoms in total. The molecule has 0 aliphatic rings. The lowest BCUT2D eigenvalue weighted by atomic mass is 10.2. The summed E-state index contributed by atoms with van der Waals surface area (Å²) in [7, 11) is 1.34. The first-order valence-electron chi connectivity index (χ1n) is 5.74. The molecule has 100 valence electrons. The Morgan fingerprint density at radius 1 is 1.58 bits per heavy atom. The molecule has 6 heteroatoms. The van der Waals surface area contributed by atoms with E-state index in [-0.39, 0.29) is 0 Å². The Balaban J connectivity index is 2.09. The number of nitrogen functional groups attached to an aromatic ring is 1. The van der Waals surface area contributed by atoms with Gasteiger partial charge >= 0.3 is 5.97 Å². The number of nitrogens with two attached hydrogens (primary N) is 1. The number of carbonyl (C=O) groups is 1. The van der Waals surface area contributed by atoms with Crippen molar-refractivity contribution in [1.29, 1.82) is 0 Å². The molecule has 0 atom stereocenters. The third kappa shape index (κ3) is 3.03. The molecule has 0 saturated heterocycles. The fourth-order valence-electron chi connectivity index (χ4n) is 1.62. The number of rotatable bonds is 4. The molecular formula is C13H15N3O2S. The normalized spacial score (nSPS) is 10.2. The number of anilines is 2. The third-order valence-electron chi connectivity index (χ3n) is 2.68. The highest BCUT2D eigenvalue weighted by atomic mass is 32.1. The fraction of sp³-hybridized carbons (Fsp3) is 0.231. The maximum absolute atomic E-state index is 11.4. The van der Waals surface area contributed by atoms with E-state index in [1.807, 2.05) is 19.1 Å². The van der Waals surface area contributed by atoms with Gasteiger partial charge in [0.2, 0.25) is 0 Å². The molecule has 0 aromatic carbocycles. The van der Waals surface area contributed by atoms with Crippen molar-refractivity contribution in [1.82, 2.24) is 4.98 Å². The molecule has 2 aromatic rings. The number of aryl methyl sites for hydroxylation is 1. The Kier molecular flexibility index (Phi) is 4.01. The molecule has 0 aliphatic carbocycles. The third-order valence-corrected chi connectivity index (χ3v) is 3.77. The average molecular weight is 277 g/mol. The summed E-state index contributed by atoms with van der Waals surface area (Å²) in [5, 5.41) is 4.03. The van der Waals surface area contributed by atoms with Crippen LogP contribution in [0.4, 0.5) is 10.7 Å². The van der Waals surface area contributed by atoms with Crippen LogP contribution in [0.15, 0.2) is 24.4 Å². The Morgan fingerprint density at radius 3 is 3.05 bits per heavy atom. The van der Waals surface area contributed by atoms with Crippen LogP contribution in [-0.2, 0) is 11.3 Å². The van der Waals surface area contributed by atoms with E-state index in [0.717, 1.165) is 16.3 Å². The molecular weight excluding hydrogens is 262 g/mol. The zero-order valence-corrected chi connectivity index (χ0v) is 11.6. The predicted octanol–water partition coefficient (Wildman–Crippen LogP) is 2.43. The number of hydrogen-bond donors (Lipinski definition) is 2. The molecule has 2 aromatic heterocycles. The zero-order chi connectivity index (χ0) is 13.8. The van der Waals surface area contributed by atoms with Gasteiger partial charge in [0, 0.05) is 6.20 Å². The Hall–Kier alpha value is -2.08. The second-order valence-corrected chi connectivity index (χ2v) is 5.06. The number of pyridine rings is 1. The van der Waals surface area contributed by atoms with Gasteiger partial charge in [0.1, 0.15) is 4.88 Å². The molecule has 3 N–H and O–H groups in total. The van der Waals surface area contributed by atoms with Crippen LogP contribution in [0.2, 0.25) is 0 Å². The number of carbonyl (C=O) groups excluding carboxylic acids is 1. The number of methoxy groups -OCH3 is 1. The van der Waals surface area contributed by atoms with Crippen LogP contribution >= 0.6 is 11.3 Å². The van der Waals surface area contributed by atoms with Gasteiger partial charge in [0.05, 0.1) is 30.0 Å². The van der Waals surface area contributed by atoms with Crippen molar-refractivity contribution in [3.05, 3.63) is 40.5 Å². The summed E-state index contributed by atoms with van der Waals surface area (Å²) >= 11 is 1.28. The van der Waals surface area contributed by atoms with Crippen LogP contribution in [0.25, 0.3) is 0 Å². The first-order chi connectivity index (χ1) is 9.11. The first kappa shape index (κ1) is 13.4. The summed E-state index contributed by atoms with van der Waals surface area (Å²) < 4.78 is 4.66. The Morgan fingerprint density at radius 2 is 2.37 bits per heavy atom. The Labute approximate surface area is 115 Å². The van der Waals surface area contributed by atoms with Gasteiger partial charge in [-0.15, -0.1) is 11.3 Å². The van der Waals surface area contributed by atoms with Crippen LogP contribution in [0.5, 0.6) is 0 Å². The molecule has 0 aliphatic heterocycles. The lowest BCUT2D eigenvalue weighted by molar-refractivity contribution is 0.0607. The van der Waals surface area contributed by atoms with Gasteiger partial charge < -0.3 is 15.8 Å². The van der Waals surface area contributed by atoms with E-state index in [0.29, 0.717) is 17.1 Å². The van der Waals surface area contributed by atoms with E-state index < -0.39 is 5.97 Å². The van der Waals surface area contributed by atoms with Gasteiger partial charge in [-0.25, -0.2) is 4.79 Å². The van der Waals surface area contributed by atoms with Crippen LogP contribution < -0.4 is 11.1 Å². The number of nitrogens with one attached hydrogen (secondary N) is 1. The number of hydrogen-bond acceptors (Lipinski definition) is 6. The standard InChI is InChI=1S/C13H15N3O2S/c1-8-4-3-5-15-10(8)7-16-11-6-9(14)12(19-11)13(17)18-2/h3-6,16H,7,14H2,1-2H3. The highest BCUT2D eigenvalue weighted by molar-refractivity contribution is 7.18. The summed E-state index contributed by atoms with van der Waals surface area (Å²) in [6.45, 7) is 2.60. The van der Waals surface area contributed by atoms with E-state index in [1.54, 1.807) is 12.3 Å². The summed E-state index contributed by atoms with van der Waals surface area (Å²) in [4.78, 5) is 16.2. The average Bonchev–Trinajstić information content (AvgIpc) is 2.78. The van der Waals surface area contributed by atoms with E-state index in [4.69, 9.17) is 5.73 Å². The van der Waals surface area contributed by atoms with E-state index >= 15 is 0 Å². The van der Waals surface area contributed by atoms with Crippen molar-refractivity contribution in [3.63, 3.8) is 0 Å². The van der Waals surface area contributed by atoms with Crippen molar-refractivity contribution >= 4 is 28.0 Å². The summed E-state index contributed by atoms with van der Waals surface area (Å²) in [6.07, 6.45) is 1.76. The highest BCUT2D eigenvalue weighted by Crippen LogP contribution is 2.30. The largest absolute Gasteiger partial charge is 0.465 e. The quantitative estimate of drug-likeness (QED) is 0.839. The minimum atomic E-state index is -0.412. The molecule has 0 radical (unpaired) electrons. The van der Waals surface area contributed by atoms with Crippen LogP contribution in [-0.4, -0.2) is 18.1 Å². The predicted molar refractivity (Wildman–Crippen MR) is 76.4 cm³/mol. The van der Waals surface area contributed by atoms with Gasteiger partial charge in [-0.1, -0.05) is 6.07 Å². The highest BCUT2D eigenvalue weighted by Gasteiger charge is 2.14. The van der Waals surface area contributed by atoms with Crippen molar-refractivity contribution in [2.75, 3.05) is 18.2 Å². The summed E-state index contributed by atoms with van der Waals surface area (Å²) in [5.74, 6) is -0.412. The zero-order valence-electron chi connectivity index (χ0n) is 10.8. The van der Waals surface area contributed by atoms with Crippen LogP contribution in [0.3, 0.4) is 0 Å². The molecule has 0 saturated carbocycles. The molecule has 0 spiro atoms. The number of esters is 1. The van der Waals surface area contributed by atoms with E-state index in [2.05, 4.69) is 15.0 Å². The molecule has 0 fully saturated rings. The van der Waals surface area contributed by atoms with E-state index in [1.165, 1.54) is 18.4 Å². The van der Waals surface area contributed by atoms with Gasteiger partial charge in [-0.3, -0.25) is 4.98 Å². The summed E-state index contributed by atoms with van der Waals surface area (Å²) in [5.41, 5.74) is 8.28. The van der Waals surface area contributed by atoms with Crippen molar-refractivity contribution in [2.45, 2.75) is 13.5 Å². The SMILES string of the molecule is COC(=O)c1sc(NCc2ncccc2C)cc1N. The van der Waals surface area contributed by atoms with Gasteiger partial charge in [-0.05, 0) is 24.6 Å². The number of nitrogens with zero attached hydrogens (tertiary/aromatic N) is 1. The molecule has 0 bridgehead atoms. The van der Waals surface area contributed by atoms with Crippen LogP contribution in [0.1, 0.15) is 20.9 Å². The smallest absolute Gasteiger partial charge is 0.350 e. The lowest BCUT2D eigenvalue weighted by Crippen LogP contribution is -2.02. The number of thiophene rings is 1. The maximum Gasteiger partial charge on any atom is 0.350 e. The topological polar surface area (TPSA) is 77.2 Å². The monoisotopic (exact) mass is 277 g/mol. The maximum atomic E-state index is 11.4. The number of ether oxygens (including phenoxy) is 1. The second-order valence-electron chi connectivity index (χ2n) is 4.01. The number of aromatic nitrogens is 1.